The molecule has 1 amide bonds. The fraction of sp³-hybridized carbons (Fsp3) is 0.650. The van der Waals surface area contributed by atoms with E-state index in [0.29, 0.717) is 5.91 Å². The number of piperidine rings is 1. The standard InChI is InChI=1S/C20H32N2O.ClH/c1-4-20(5-2,18-9-7-6-8-10-18)19(23)22-15-12-17(13-16-22)11-14-21-3;/h6-10,17,21H,4-5,11-16H2,1-3H3;1H. The normalized spacial score (nSPS) is 15.9. The number of nitrogens with one attached hydrogen (secondary N) is 1. The van der Waals surface area contributed by atoms with Crippen molar-refractivity contribution in [2.24, 2.45) is 5.92 Å². The predicted molar refractivity (Wildman–Crippen MR) is 104 cm³/mol. The molecule has 1 N–H and O–H groups in total. The molecular weight excluding hydrogens is 320 g/mol. The largest absolute Gasteiger partial charge is 0.342 e. The van der Waals surface area contributed by atoms with Gasteiger partial charge in [0.25, 0.3) is 0 Å². The Morgan fingerprint density at radius 3 is 2.25 bits per heavy atom. The highest BCUT2D eigenvalue weighted by molar-refractivity contribution is 5.88. The number of carbonyl (C=O) groups is 1. The van der Waals surface area contributed by atoms with Crippen LogP contribution in [0.1, 0.15) is 51.5 Å². The minimum absolute atomic E-state index is 0. The van der Waals surface area contributed by atoms with Crippen LogP contribution in [0, 0.1) is 5.92 Å². The summed E-state index contributed by atoms with van der Waals surface area (Å²) in [6.45, 7) is 7.21. The van der Waals surface area contributed by atoms with Gasteiger partial charge >= 0.3 is 0 Å². The molecule has 4 heteroatoms. The van der Waals surface area contributed by atoms with Gasteiger partial charge in [-0.1, -0.05) is 44.2 Å². The van der Waals surface area contributed by atoms with E-state index in [1.165, 1.54) is 12.0 Å². The number of hydrogen-bond donors (Lipinski definition) is 1. The van der Waals surface area contributed by atoms with E-state index in [4.69, 9.17) is 0 Å². The zero-order valence-corrected chi connectivity index (χ0v) is 16.2. The first-order valence-electron chi connectivity index (χ1n) is 9.17. The molecule has 1 heterocycles. The number of hydrogen-bond acceptors (Lipinski definition) is 2. The molecule has 3 nitrogen and oxygen atoms in total. The summed E-state index contributed by atoms with van der Waals surface area (Å²) >= 11 is 0. The average Bonchev–Trinajstić information content (AvgIpc) is 2.62. The van der Waals surface area contributed by atoms with Gasteiger partial charge < -0.3 is 10.2 Å². The van der Waals surface area contributed by atoms with E-state index in [2.05, 4.69) is 36.2 Å². The van der Waals surface area contributed by atoms with Crippen molar-refractivity contribution < 1.29 is 4.79 Å². The van der Waals surface area contributed by atoms with Crippen LogP contribution < -0.4 is 5.32 Å². The second kappa shape index (κ2) is 10.0. The molecule has 0 unspecified atom stereocenters. The van der Waals surface area contributed by atoms with Crippen molar-refractivity contribution in [3.05, 3.63) is 35.9 Å². The number of rotatable bonds is 7. The quantitative estimate of drug-likeness (QED) is 0.804. The molecule has 0 spiro atoms. The van der Waals surface area contributed by atoms with Crippen LogP contribution in [0.5, 0.6) is 0 Å². The van der Waals surface area contributed by atoms with Crippen LogP contribution in [-0.4, -0.2) is 37.5 Å². The maximum Gasteiger partial charge on any atom is 0.233 e. The summed E-state index contributed by atoms with van der Waals surface area (Å²) in [4.78, 5) is 15.4. The average molecular weight is 353 g/mol. The number of likely N-dealkylation sites (tertiary alicyclic amines) is 1. The molecule has 0 radical (unpaired) electrons. The molecule has 0 atom stereocenters. The van der Waals surface area contributed by atoms with Gasteiger partial charge in [0.1, 0.15) is 0 Å². The van der Waals surface area contributed by atoms with Gasteiger partial charge in [-0.15, -0.1) is 12.4 Å². The van der Waals surface area contributed by atoms with E-state index < -0.39 is 0 Å². The van der Waals surface area contributed by atoms with Crippen LogP contribution in [0.3, 0.4) is 0 Å². The van der Waals surface area contributed by atoms with Crippen molar-refractivity contribution in [2.45, 2.75) is 51.4 Å². The summed E-state index contributed by atoms with van der Waals surface area (Å²) in [6, 6.07) is 10.4. The Labute approximate surface area is 153 Å². The van der Waals surface area contributed by atoms with Gasteiger partial charge in [0, 0.05) is 13.1 Å². The first-order valence-corrected chi connectivity index (χ1v) is 9.17. The monoisotopic (exact) mass is 352 g/mol. The molecule has 1 fully saturated rings. The lowest BCUT2D eigenvalue weighted by atomic mass is 9.74. The zero-order valence-electron chi connectivity index (χ0n) is 15.4. The molecule has 0 saturated carbocycles. The van der Waals surface area contributed by atoms with Gasteiger partial charge in [0.05, 0.1) is 5.41 Å². The molecule has 1 aromatic carbocycles. The number of carbonyl (C=O) groups excluding carboxylic acids is 1. The third-order valence-corrected chi connectivity index (χ3v) is 5.65. The topological polar surface area (TPSA) is 32.3 Å². The first kappa shape index (κ1) is 21.0. The van der Waals surface area contributed by atoms with E-state index in [1.54, 1.807) is 0 Å². The Morgan fingerprint density at radius 1 is 1.17 bits per heavy atom. The van der Waals surface area contributed by atoms with Crippen LogP contribution in [0.25, 0.3) is 0 Å². The lowest BCUT2D eigenvalue weighted by Gasteiger charge is -2.40. The molecule has 2 rings (SSSR count). The Kier molecular flexibility index (Phi) is 8.79. The molecule has 0 aromatic heterocycles. The van der Waals surface area contributed by atoms with E-state index in [0.717, 1.165) is 51.2 Å². The molecule has 1 aliphatic heterocycles. The van der Waals surface area contributed by atoms with E-state index in [9.17, 15) is 4.79 Å². The van der Waals surface area contributed by atoms with Crippen molar-refractivity contribution in [1.82, 2.24) is 10.2 Å². The molecule has 1 aliphatic rings. The van der Waals surface area contributed by atoms with Gasteiger partial charge in [-0.25, -0.2) is 0 Å². The number of halogens is 1. The highest BCUT2D eigenvalue weighted by Gasteiger charge is 2.40. The first-order chi connectivity index (χ1) is 11.2. The molecule has 1 saturated heterocycles. The number of benzene rings is 1. The summed E-state index contributed by atoms with van der Waals surface area (Å²) in [5, 5.41) is 3.23. The highest BCUT2D eigenvalue weighted by Crippen LogP contribution is 2.35. The Hall–Kier alpha value is -1.06. The van der Waals surface area contributed by atoms with Gasteiger partial charge in [-0.05, 0) is 57.2 Å². The van der Waals surface area contributed by atoms with E-state index in [-0.39, 0.29) is 17.8 Å². The van der Waals surface area contributed by atoms with Crippen LogP contribution >= 0.6 is 12.4 Å². The summed E-state index contributed by atoms with van der Waals surface area (Å²) in [5.74, 6) is 1.10. The molecule has 0 bridgehead atoms. The lowest BCUT2D eigenvalue weighted by Crippen LogP contribution is -2.49. The predicted octanol–water partition coefficient (Wildman–Crippen LogP) is 4.01. The highest BCUT2D eigenvalue weighted by atomic mass is 35.5. The van der Waals surface area contributed by atoms with Gasteiger partial charge in [0.2, 0.25) is 5.91 Å². The van der Waals surface area contributed by atoms with Gasteiger partial charge in [-0.3, -0.25) is 4.79 Å². The molecule has 0 aliphatic carbocycles. The molecular formula is C20H33ClN2O. The fourth-order valence-corrected chi connectivity index (χ4v) is 3.92. The molecule has 1 aromatic rings. The second-order valence-electron chi connectivity index (χ2n) is 6.78. The Morgan fingerprint density at radius 2 is 1.75 bits per heavy atom. The van der Waals surface area contributed by atoms with Gasteiger partial charge in [-0.2, -0.15) is 0 Å². The fourth-order valence-electron chi connectivity index (χ4n) is 3.92. The van der Waals surface area contributed by atoms with Crippen LogP contribution in [-0.2, 0) is 10.2 Å². The maximum atomic E-state index is 13.3. The second-order valence-corrected chi connectivity index (χ2v) is 6.78. The Bertz CT molecular complexity index is 480. The van der Waals surface area contributed by atoms with Gasteiger partial charge in [0.15, 0.2) is 0 Å². The number of amides is 1. The maximum absolute atomic E-state index is 13.3. The van der Waals surface area contributed by atoms with Crippen molar-refractivity contribution >= 4 is 18.3 Å². The van der Waals surface area contributed by atoms with E-state index >= 15 is 0 Å². The third-order valence-electron chi connectivity index (χ3n) is 5.65. The minimum Gasteiger partial charge on any atom is -0.342 e. The van der Waals surface area contributed by atoms with Crippen LogP contribution in [0.2, 0.25) is 0 Å². The van der Waals surface area contributed by atoms with Crippen molar-refractivity contribution in [3.8, 4) is 0 Å². The van der Waals surface area contributed by atoms with Crippen LogP contribution in [0.4, 0.5) is 0 Å². The van der Waals surface area contributed by atoms with Crippen molar-refractivity contribution in [1.29, 1.82) is 0 Å². The minimum atomic E-state index is -0.348. The third kappa shape index (κ3) is 4.52. The van der Waals surface area contributed by atoms with Crippen molar-refractivity contribution in [3.63, 3.8) is 0 Å². The molecule has 136 valence electrons. The summed E-state index contributed by atoms with van der Waals surface area (Å²) in [7, 11) is 2.01. The summed E-state index contributed by atoms with van der Waals surface area (Å²) in [6.07, 6.45) is 5.25. The Balaban J connectivity index is 0.00000288. The van der Waals surface area contributed by atoms with E-state index in [1.807, 2.05) is 25.2 Å². The zero-order chi connectivity index (χ0) is 16.7. The summed E-state index contributed by atoms with van der Waals surface area (Å²) < 4.78 is 0. The smallest absolute Gasteiger partial charge is 0.233 e. The van der Waals surface area contributed by atoms with Crippen LogP contribution in [0.15, 0.2) is 30.3 Å². The summed E-state index contributed by atoms with van der Waals surface area (Å²) in [5.41, 5.74) is 0.825. The SMILES string of the molecule is CCC(CC)(C(=O)N1CCC(CCNC)CC1)c1ccccc1.Cl. The number of nitrogens with zero attached hydrogens (tertiary/aromatic N) is 1. The molecule has 24 heavy (non-hydrogen) atoms. The lowest BCUT2D eigenvalue weighted by molar-refractivity contribution is -0.139. The van der Waals surface area contributed by atoms with Crippen molar-refractivity contribution in [2.75, 3.05) is 26.7 Å².